The summed E-state index contributed by atoms with van der Waals surface area (Å²) >= 11 is 0. The molecule has 0 spiro atoms. The number of rotatable bonds is 1. The maximum Gasteiger partial charge on any atom is 0.280 e. The zero-order valence-corrected chi connectivity index (χ0v) is 9.16. The predicted molar refractivity (Wildman–Crippen MR) is 53.5 cm³/mol. The fraction of sp³-hybridized carbons (Fsp3) is 0.143. The molecule has 0 fully saturated rings. The van der Waals surface area contributed by atoms with E-state index in [1.165, 1.54) is 19.2 Å². The van der Waals surface area contributed by atoms with Crippen molar-refractivity contribution >= 4 is 25.4 Å². The summed E-state index contributed by atoms with van der Waals surface area (Å²) in [4.78, 5) is 15.1. The van der Waals surface area contributed by atoms with Crippen LogP contribution in [0.4, 0.5) is 0 Å². The van der Waals surface area contributed by atoms with Gasteiger partial charge in [0, 0.05) is 23.8 Å². The third kappa shape index (κ3) is 1.53. The van der Waals surface area contributed by atoms with Crippen molar-refractivity contribution in [2.24, 2.45) is 7.05 Å². The van der Waals surface area contributed by atoms with Crippen LogP contribution in [0, 0.1) is 0 Å². The Bertz CT molecular complexity index is 685. The van der Waals surface area contributed by atoms with Gasteiger partial charge in [0.1, 0.15) is 0 Å². The van der Waals surface area contributed by atoms with E-state index in [1.807, 2.05) is 0 Å². The molecule has 0 atom stereocenters. The predicted octanol–water partition coefficient (Wildman–Crippen LogP) is -0.0395. The average molecular weight is 248 g/mol. The molecule has 6 nitrogen and oxygen atoms in total. The normalized spacial score (nSPS) is 12.1. The van der Waals surface area contributed by atoms with Crippen LogP contribution in [0.15, 0.2) is 28.2 Å². The highest BCUT2D eigenvalue weighted by Crippen LogP contribution is 2.14. The van der Waals surface area contributed by atoms with Crippen LogP contribution in [-0.2, 0) is 16.1 Å². The van der Waals surface area contributed by atoms with E-state index < -0.39 is 9.05 Å². The van der Waals surface area contributed by atoms with E-state index >= 15 is 0 Å². The summed E-state index contributed by atoms with van der Waals surface area (Å²) in [5.41, 5.74) is -0.00149. The minimum absolute atomic E-state index is 0.223. The van der Waals surface area contributed by atoms with Crippen LogP contribution in [0.1, 0.15) is 0 Å². The quantitative estimate of drug-likeness (QED) is 0.663. The zero-order chi connectivity index (χ0) is 11.2. The van der Waals surface area contributed by atoms with Gasteiger partial charge >= 0.3 is 0 Å². The van der Waals surface area contributed by atoms with Gasteiger partial charge in [0.15, 0.2) is 10.7 Å². The Labute approximate surface area is 89.1 Å². The van der Waals surface area contributed by atoms with E-state index in [-0.39, 0.29) is 10.6 Å². The summed E-state index contributed by atoms with van der Waals surface area (Å²) in [5, 5.41) is -0.223. The van der Waals surface area contributed by atoms with E-state index in [0.29, 0.717) is 5.65 Å². The molecule has 0 radical (unpaired) electrons. The van der Waals surface area contributed by atoms with Gasteiger partial charge in [-0.15, -0.1) is 0 Å². The topological polar surface area (TPSA) is 73.4 Å². The van der Waals surface area contributed by atoms with Gasteiger partial charge in [-0.3, -0.25) is 4.79 Å². The van der Waals surface area contributed by atoms with E-state index in [0.717, 1.165) is 15.4 Å². The Morgan fingerprint density at radius 2 is 2.07 bits per heavy atom. The first-order valence-electron chi connectivity index (χ1n) is 3.90. The Hall–Kier alpha value is -1.34. The average Bonchev–Trinajstić information content (AvgIpc) is 2.54. The molecule has 0 saturated carbocycles. The van der Waals surface area contributed by atoms with E-state index in [4.69, 9.17) is 10.7 Å². The molecule has 0 bridgehead atoms. The summed E-state index contributed by atoms with van der Waals surface area (Å²) in [5.74, 6) is 0. The van der Waals surface area contributed by atoms with Crippen LogP contribution < -0.4 is 5.56 Å². The van der Waals surface area contributed by atoms with E-state index in [1.54, 1.807) is 0 Å². The van der Waals surface area contributed by atoms with Gasteiger partial charge in [0.2, 0.25) is 0 Å². The van der Waals surface area contributed by atoms with Crippen LogP contribution in [0.5, 0.6) is 0 Å². The number of aryl methyl sites for hydroxylation is 1. The molecule has 80 valence electrons. The van der Waals surface area contributed by atoms with Gasteiger partial charge in [-0.25, -0.2) is 22.6 Å². The molecule has 8 heteroatoms. The Morgan fingerprint density at radius 1 is 1.40 bits per heavy atom. The number of hydrogen-bond acceptors (Lipinski definition) is 4. The first-order chi connectivity index (χ1) is 6.91. The lowest BCUT2D eigenvalue weighted by atomic mass is 10.5. The minimum Gasteiger partial charge on any atom is -0.268 e. The molecular formula is C7H6ClN3O3S. The van der Waals surface area contributed by atoms with Crippen molar-refractivity contribution in [3.05, 3.63) is 28.7 Å². The maximum absolute atomic E-state index is 11.3. The number of imidazole rings is 1. The monoisotopic (exact) mass is 247 g/mol. The van der Waals surface area contributed by atoms with Gasteiger partial charge in [0.25, 0.3) is 14.6 Å². The Kier molecular flexibility index (Phi) is 2.09. The summed E-state index contributed by atoms with van der Waals surface area (Å²) in [6.45, 7) is 0. The van der Waals surface area contributed by atoms with Crippen molar-refractivity contribution in [1.29, 1.82) is 0 Å². The molecule has 0 aliphatic rings. The lowest BCUT2D eigenvalue weighted by molar-refractivity contribution is 0.579. The molecule has 0 amide bonds. The van der Waals surface area contributed by atoms with Crippen molar-refractivity contribution < 1.29 is 8.42 Å². The SMILES string of the molecule is Cn1c(=O)ccc2ncc(S(=O)(=O)Cl)n21. The molecular weight excluding hydrogens is 242 g/mol. The first kappa shape index (κ1) is 10.2. The summed E-state index contributed by atoms with van der Waals surface area (Å²) in [6, 6.07) is 2.72. The number of fused-ring (bicyclic) bond motifs is 1. The highest BCUT2D eigenvalue weighted by Gasteiger charge is 2.17. The number of hydrogen-bond donors (Lipinski definition) is 0. The molecule has 0 aliphatic heterocycles. The third-order valence-corrected chi connectivity index (χ3v) is 3.23. The van der Waals surface area contributed by atoms with Crippen LogP contribution in [0.25, 0.3) is 5.65 Å². The fourth-order valence-corrected chi connectivity index (χ4v) is 2.19. The molecule has 0 N–H and O–H groups in total. The molecule has 2 aromatic heterocycles. The molecule has 15 heavy (non-hydrogen) atoms. The molecule has 0 aromatic carbocycles. The minimum atomic E-state index is -3.91. The van der Waals surface area contributed by atoms with Crippen LogP contribution >= 0.6 is 10.7 Å². The largest absolute Gasteiger partial charge is 0.280 e. The lowest BCUT2D eigenvalue weighted by Gasteiger charge is -2.03. The molecule has 2 aromatic rings. The number of halogens is 1. The van der Waals surface area contributed by atoms with Crippen LogP contribution in [0.3, 0.4) is 0 Å². The van der Waals surface area contributed by atoms with Crippen LogP contribution in [-0.4, -0.2) is 22.6 Å². The van der Waals surface area contributed by atoms with Gasteiger partial charge in [-0.2, -0.15) is 0 Å². The second-order valence-corrected chi connectivity index (χ2v) is 5.41. The highest BCUT2D eigenvalue weighted by atomic mass is 35.7. The van der Waals surface area contributed by atoms with Crippen molar-refractivity contribution in [2.45, 2.75) is 5.03 Å². The smallest absolute Gasteiger partial charge is 0.268 e. The molecule has 2 rings (SSSR count). The van der Waals surface area contributed by atoms with Crippen molar-refractivity contribution in [3.8, 4) is 0 Å². The second kappa shape index (κ2) is 3.07. The van der Waals surface area contributed by atoms with E-state index in [2.05, 4.69) is 4.98 Å². The van der Waals surface area contributed by atoms with Crippen molar-refractivity contribution in [1.82, 2.24) is 14.2 Å². The molecule has 0 aliphatic carbocycles. The van der Waals surface area contributed by atoms with Crippen molar-refractivity contribution in [3.63, 3.8) is 0 Å². The molecule has 0 saturated heterocycles. The second-order valence-electron chi connectivity index (χ2n) is 2.90. The Morgan fingerprint density at radius 3 is 2.67 bits per heavy atom. The molecule has 2 heterocycles. The van der Waals surface area contributed by atoms with Crippen LogP contribution in [0.2, 0.25) is 0 Å². The summed E-state index contributed by atoms with van der Waals surface area (Å²) in [6.07, 6.45) is 1.11. The van der Waals surface area contributed by atoms with Crippen molar-refractivity contribution in [2.75, 3.05) is 0 Å². The van der Waals surface area contributed by atoms with Gasteiger partial charge in [0.05, 0.1) is 6.20 Å². The maximum atomic E-state index is 11.3. The molecule has 0 unspecified atom stereocenters. The Balaban J connectivity index is 3.03. The zero-order valence-electron chi connectivity index (χ0n) is 7.58. The summed E-state index contributed by atoms with van der Waals surface area (Å²) in [7, 11) is 2.72. The third-order valence-electron chi connectivity index (χ3n) is 1.98. The highest BCUT2D eigenvalue weighted by molar-refractivity contribution is 8.13. The first-order valence-corrected chi connectivity index (χ1v) is 6.20. The standard InChI is InChI=1S/C7H6ClN3O3S/c1-10-6(12)3-2-5-9-4-7(11(5)10)15(8,13)14/h2-4H,1H3. The van der Waals surface area contributed by atoms with E-state index in [9.17, 15) is 13.2 Å². The van der Waals surface area contributed by atoms with Gasteiger partial charge in [-0.1, -0.05) is 0 Å². The fourth-order valence-electron chi connectivity index (χ4n) is 1.28. The number of nitrogens with zero attached hydrogens (tertiary/aromatic N) is 3. The van der Waals surface area contributed by atoms with Gasteiger partial charge < -0.3 is 0 Å². The van der Waals surface area contributed by atoms with Gasteiger partial charge in [-0.05, 0) is 6.07 Å². The number of aromatic nitrogens is 3. The summed E-state index contributed by atoms with van der Waals surface area (Å²) < 4.78 is 24.6. The lowest BCUT2D eigenvalue weighted by Crippen LogP contribution is -2.23.